The Morgan fingerprint density at radius 3 is 2.48 bits per heavy atom. The van der Waals surface area contributed by atoms with E-state index in [1.807, 2.05) is 23.1 Å². The topological polar surface area (TPSA) is 111 Å². The number of halogens is 1. The van der Waals surface area contributed by atoms with Crippen molar-refractivity contribution < 1.29 is 13.2 Å². The van der Waals surface area contributed by atoms with E-state index in [1.54, 1.807) is 12.1 Å². The Kier molecular flexibility index (Phi) is 6.52. The molecule has 0 amide bonds. The van der Waals surface area contributed by atoms with Crippen LogP contribution in [0.15, 0.2) is 35.1 Å². The molecular weight excluding hydrogens is 442 g/mol. The molecule has 168 valence electrons. The standard InChI is InChI=1S/C20H26ClN5O4S/c21-17-18(19(22)23-26(20(17)27)16-8-4-5-13-30-16)24-9-11-25(12-10-24)31(28,29)14-15-6-2-1-3-7-15/h1-3,6-7,16H,4-5,8-14H2,(H2,22,23). The zero-order chi connectivity index (χ0) is 22.0. The van der Waals surface area contributed by atoms with Crippen molar-refractivity contribution in [2.45, 2.75) is 31.2 Å². The smallest absolute Gasteiger partial charge is 0.290 e. The summed E-state index contributed by atoms with van der Waals surface area (Å²) in [5.74, 6) is 0.0924. The van der Waals surface area contributed by atoms with Gasteiger partial charge in [-0.05, 0) is 24.8 Å². The lowest BCUT2D eigenvalue weighted by atomic mass is 10.2. The Hall–Kier alpha value is -2.14. The fourth-order valence-corrected chi connectivity index (χ4v) is 5.82. The number of sulfonamides is 1. The molecule has 11 heteroatoms. The number of nitrogens with two attached hydrogens (primary N) is 1. The lowest BCUT2D eigenvalue weighted by Gasteiger charge is -2.36. The second kappa shape index (κ2) is 9.15. The van der Waals surface area contributed by atoms with Gasteiger partial charge in [0.15, 0.2) is 12.0 Å². The number of hydrogen-bond acceptors (Lipinski definition) is 7. The van der Waals surface area contributed by atoms with Gasteiger partial charge in [0.1, 0.15) is 10.7 Å². The summed E-state index contributed by atoms with van der Waals surface area (Å²) in [4.78, 5) is 14.6. The molecule has 0 radical (unpaired) electrons. The normalized spacial score (nSPS) is 20.7. The molecule has 1 atom stereocenters. The van der Waals surface area contributed by atoms with Crippen LogP contribution in [0.3, 0.4) is 0 Å². The Bertz CT molecular complexity index is 1080. The first-order valence-corrected chi connectivity index (χ1v) is 12.3. The molecule has 1 aromatic carbocycles. The van der Waals surface area contributed by atoms with E-state index in [1.165, 1.54) is 8.99 Å². The lowest BCUT2D eigenvalue weighted by molar-refractivity contribution is -0.0421. The molecule has 3 heterocycles. The molecule has 1 unspecified atom stereocenters. The lowest BCUT2D eigenvalue weighted by Crippen LogP contribution is -2.49. The van der Waals surface area contributed by atoms with Crippen LogP contribution in [0.25, 0.3) is 0 Å². The van der Waals surface area contributed by atoms with Gasteiger partial charge in [-0.2, -0.15) is 8.99 Å². The fraction of sp³-hybridized carbons (Fsp3) is 0.500. The largest absolute Gasteiger partial charge is 0.380 e. The molecule has 0 bridgehead atoms. The highest BCUT2D eigenvalue weighted by Crippen LogP contribution is 2.31. The van der Waals surface area contributed by atoms with E-state index in [4.69, 9.17) is 22.1 Å². The molecular formula is C20H26ClN5O4S. The van der Waals surface area contributed by atoms with Crippen LogP contribution in [-0.2, 0) is 20.5 Å². The molecule has 2 saturated heterocycles. The quantitative estimate of drug-likeness (QED) is 0.714. The minimum atomic E-state index is -3.45. The van der Waals surface area contributed by atoms with E-state index in [9.17, 15) is 13.2 Å². The highest BCUT2D eigenvalue weighted by Gasteiger charge is 2.31. The summed E-state index contributed by atoms with van der Waals surface area (Å²) >= 11 is 6.41. The summed E-state index contributed by atoms with van der Waals surface area (Å²) in [5.41, 5.74) is 6.82. The maximum atomic E-state index is 12.8. The van der Waals surface area contributed by atoms with E-state index in [0.29, 0.717) is 31.8 Å². The third-order valence-corrected chi connectivity index (χ3v) is 7.82. The van der Waals surface area contributed by atoms with Crippen LogP contribution < -0.4 is 16.2 Å². The van der Waals surface area contributed by atoms with Crippen molar-refractivity contribution in [3.8, 4) is 0 Å². The first kappa shape index (κ1) is 22.1. The van der Waals surface area contributed by atoms with Crippen LogP contribution in [0, 0.1) is 0 Å². The second-order valence-electron chi connectivity index (χ2n) is 7.75. The first-order valence-electron chi connectivity index (χ1n) is 10.3. The average molecular weight is 468 g/mol. The Labute approximate surface area is 186 Å². The molecule has 1 aromatic heterocycles. The Morgan fingerprint density at radius 1 is 1.13 bits per heavy atom. The fourth-order valence-electron chi connectivity index (χ4n) is 4.00. The van der Waals surface area contributed by atoms with Crippen LogP contribution in [0.2, 0.25) is 5.02 Å². The maximum absolute atomic E-state index is 12.8. The summed E-state index contributed by atoms with van der Waals surface area (Å²) in [6.07, 6.45) is 2.11. The third-order valence-electron chi connectivity index (χ3n) is 5.63. The van der Waals surface area contributed by atoms with Crippen molar-refractivity contribution in [1.29, 1.82) is 0 Å². The van der Waals surface area contributed by atoms with Crippen molar-refractivity contribution in [1.82, 2.24) is 14.1 Å². The highest BCUT2D eigenvalue weighted by molar-refractivity contribution is 7.88. The first-order chi connectivity index (χ1) is 14.9. The van der Waals surface area contributed by atoms with Gasteiger partial charge in [-0.25, -0.2) is 8.42 Å². The Morgan fingerprint density at radius 2 is 1.84 bits per heavy atom. The second-order valence-corrected chi connectivity index (χ2v) is 10.1. The average Bonchev–Trinajstić information content (AvgIpc) is 2.78. The minimum absolute atomic E-state index is 0.0118. The molecule has 2 aliphatic heterocycles. The van der Waals surface area contributed by atoms with Gasteiger partial charge < -0.3 is 15.4 Å². The molecule has 2 fully saturated rings. The summed E-state index contributed by atoms with van der Waals surface area (Å²) in [5, 5.41) is 4.24. The van der Waals surface area contributed by atoms with Crippen molar-refractivity contribution >= 4 is 33.1 Å². The van der Waals surface area contributed by atoms with Gasteiger partial charge in [0.25, 0.3) is 5.56 Å². The zero-order valence-electron chi connectivity index (χ0n) is 17.1. The Balaban J connectivity index is 1.48. The molecule has 0 saturated carbocycles. The van der Waals surface area contributed by atoms with Crippen LogP contribution in [0.1, 0.15) is 31.1 Å². The van der Waals surface area contributed by atoms with Crippen LogP contribution in [0.4, 0.5) is 11.5 Å². The summed E-state index contributed by atoms with van der Waals surface area (Å²) in [6.45, 7) is 1.85. The molecule has 0 spiro atoms. The summed E-state index contributed by atoms with van der Waals surface area (Å²) < 4.78 is 33.9. The number of rotatable bonds is 5. The number of nitrogens with zero attached hydrogens (tertiary/aromatic N) is 4. The summed E-state index contributed by atoms with van der Waals surface area (Å²) in [6, 6.07) is 9.09. The van der Waals surface area contributed by atoms with Gasteiger partial charge in [-0.3, -0.25) is 4.79 Å². The predicted molar refractivity (Wildman–Crippen MR) is 120 cm³/mol. The number of nitrogen functional groups attached to an aromatic ring is 1. The van der Waals surface area contributed by atoms with Crippen molar-refractivity contribution in [3.63, 3.8) is 0 Å². The van der Waals surface area contributed by atoms with Gasteiger partial charge >= 0.3 is 0 Å². The van der Waals surface area contributed by atoms with Crippen molar-refractivity contribution in [2.24, 2.45) is 0 Å². The van der Waals surface area contributed by atoms with E-state index >= 15 is 0 Å². The minimum Gasteiger partial charge on any atom is -0.380 e. The number of ether oxygens (including phenoxy) is 1. The van der Waals surface area contributed by atoms with Gasteiger partial charge in [0, 0.05) is 32.8 Å². The maximum Gasteiger partial charge on any atom is 0.290 e. The zero-order valence-corrected chi connectivity index (χ0v) is 18.7. The van der Waals surface area contributed by atoms with Crippen LogP contribution >= 0.6 is 11.6 Å². The van der Waals surface area contributed by atoms with E-state index < -0.39 is 21.8 Å². The van der Waals surface area contributed by atoms with E-state index in [0.717, 1.165) is 18.4 Å². The van der Waals surface area contributed by atoms with Crippen molar-refractivity contribution in [3.05, 3.63) is 51.3 Å². The molecule has 2 N–H and O–H groups in total. The monoisotopic (exact) mass is 467 g/mol. The summed E-state index contributed by atoms with van der Waals surface area (Å²) in [7, 11) is -3.45. The van der Waals surface area contributed by atoms with Gasteiger partial charge in [0.05, 0.1) is 5.75 Å². The number of aromatic nitrogens is 2. The molecule has 0 aliphatic carbocycles. The number of hydrogen-bond donors (Lipinski definition) is 1. The molecule has 2 aliphatic rings. The van der Waals surface area contributed by atoms with Crippen LogP contribution in [0.5, 0.6) is 0 Å². The van der Waals surface area contributed by atoms with E-state index in [-0.39, 0.29) is 29.7 Å². The predicted octanol–water partition coefficient (Wildman–Crippen LogP) is 1.83. The van der Waals surface area contributed by atoms with E-state index in [2.05, 4.69) is 5.10 Å². The van der Waals surface area contributed by atoms with Gasteiger partial charge in [-0.15, -0.1) is 5.10 Å². The molecule has 2 aromatic rings. The molecule has 31 heavy (non-hydrogen) atoms. The van der Waals surface area contributed by atoms with Crippen LogP contribution in [-0.4, -0.2) is 55.3 Å². The molecule has 4 rings (SSSR count). The van der Waals surface area contributed by atoms with Gasteiger partial charge in [0.2, 0.25) is 10.0 Å². The van der Waals surface area contributed by atoms with Gasteiger partial charge in [-0.1, -0.05) is 41.9 Å². The van der Waals surface area contributed by atoms with Crippen molar-refractivity contribution in [2.75, 3.05) is 43.4 Å². The molecule has 9 nitrogen and oxygen atoms in total. The highest BCUT2D eigenvalue weighted by atomic mass is 35.5. The SMILES string of the molecule is Nc1nn(C2CCCCO2)c(=O)c(Cl)c1N1CCN(S(=O)(=O)Cc2ccccc2)CC1. The number of piperazine rings is 1. The number of benzene rings is 1. The third kappa shape index (κ3) is 4.72. The number of anilines is 2.